The molecule has 0 bridgehead atoms. The molecule has 1 fully saturated rings. The van der Waals surface area contributed by atoms with Crippen LogP contribution in [0.15, 0.2) is 59.8 Å². The van der Waals surface area contributed by atoms with E-state index in [0.717, 1.165) is 48.6 Å². The third-order valence-electron chi connectivity index (χ3n) is 5.12. The Morgan fingerprint density at radius 2 is 1.83 bits per heavy atom. The number of nitrogens with one attached hydrogen (secondary N) is 3. The molecule has 0 radical (unpaired) electrons. The van der Waals surface area contributed by atoms with Crippen LogP contribution in [0.25, 0.3) is 23.3 Å². The van der Waals surface area contributed by atoms with Gasteiger partial charge in [-0.25, -0.2) is 0 Å². The van der Waals surface area contributed by atoms with Gasteiger partial charge in [0, 0.05) is 74.2 Å². The van der Waals surface area contributed by atoms with Crippen molar-refractivity contribution >= 4 is 23.5 Å². The molecule has 0 aliphatic carbocycles. The molecular formula is C23H25N5O. The first kappa shape index (κ1) is 19.0. The molecule has 1 aromatic carbocycles. The van der Waals surface area contributed by atoms with Gasteiger partial charge >= 0.3 is 0 Å². The smallest absolute Gasteiger partial charge is 0.255 e. The summed E-state index contributed by atoms with van der Waals surface area (Å²) < 4.78 is 0. The van der Waals surface area contributed by atoms with E-state index in [-0.39, 0.29) is 5.56 Å². The van der Waals surface area contributed by atoms with Gasteiger partial charge in [-0.15, -0.1) is 0 Å². The summed E-state index contributed by atoms with van der Waals surface area (Å²) in [4.78, 5) is 21.7. The van der Waals surface area contributed by atoms with Crippen LogP contribution >= 0.6 is 0 Å². The molecule has 0 saturated carbocycles. The Hall–Kier alpha value is -3.38. The molecule has 1 aliphatic heterocycles. The molecule has 6 nitrogen and oxygen atoms in total. The molecular weight excluding hydrogens is 362 g/mol. The number of aromatic nitrogens is 2. The largest absolute Gasteiger partial charge is 0.387 e. The molecule has 6 heteroatoms. The Balaban J connectivity index is 1.54. The van der Waals surface area contributed by atoms with Crippen LogP contribution in [0.1, 0.15) is 11.1 Å². The Kier molecular flexibility index (Phi) is 5.72. The van der Waals surface area contributed by atoms with E-state index in [1.165, 1.54) is 5.69 Å². The van der Waals surface area contributed by atoms with E-state index in [2.05, 4.69) is 49.8 Å². The molecule has 0 atom stereocenters. The molecule has 3 heterocycles. The number of hydrogen-bond donors (Lipinski definition) is 3. The van der Waals surface area contributed by atoms with Gasteiger partial charge in [-0.3, -0.25) is 9.78 Å². The van der Waals surface area contributed by atoms with Gasteiger partial charge in [0.25, 0.3) is 5.56 Å². The van der Waals surface area contributed by atoms with Crippen LogP contribution in [-0.2, 0) is 0 Å². The van der Waals surface area contributed by atoms with Gasteiger partial charge in [0.05, 0.1) is 5.69 Å². The van der Waals surface area contributed by atoms with E-state index in [1.807, 2.05) is 31.3 Å². The SMILES string of the molecule is CNc1cncc(-c2c[nH]c(=O)c(/C=C/c3ccc(N4CCNCC4)cc3)c2)c1. The molecule has 3 aromatic rings. The molecule has 0 spiro atoms. The first-order valence-electron chi connectivity index (χ1n) is 9.83. The van der Waals surface area contributed by atoms with E-state index in [0.29, 0.717) is 5.56 Å². The van der Waals surface area contributed by atoms with E-state index in [4.69, 9.17) is 0 Å². The molecule has 1 saturated heterocycles. The van der Waals surface area contributed by atoms with Gasteiger partial charge < -0.3 is 20.5 Å². The predicted molar refractivity (Wildman–Crippen MR) is 120 cm³/mol. The first-order chi connectivity index (χ1) is 14.2. The molecule has 148 valence electrons. The summed E-state index contributed by atoms with van der Waals surface area (Å²) in [5, 5.41) is 6.45. The minimum atomic E-state index is -0.111. The highest BCUT2D eigenvalue weighted by Gasteiger charge is 2.09. The predicted octanol–water partition coefficient (Wildman–Crippen LogP) is 3.06. The zero-order chi connectivity index (χ0) is 20.1. The van der Waals surface area contributed by atoms with Crippen molar-refractivity contribution in [3.63, 3.8) is 0 Å². The zero-order valence-electron chi connectivity index (χ0n) is 16.5. The Labute approximate surface area is 170 Å². The molecule has 0 amide bonds. The van der Waals surface area contributed by atoms with E-state index in [9.17, 15) is 4.79 Å². The lowest BCUT2D eigenvalue weighted by Gasteiger charge is -2.29. The lowest BCUT2D eigenvalue weighted by molar-refractivity contribution is 0.589. The van der Waals surface area contributed by atoms with Crippen molar-refractivity contribution in [2.45, 2.75) is 0 Å². The maximum absolute atomic E-state index is 12.3. The number of anilines is 2. The number of pyridine rings is 2. The fourth-order valence-corrected chi connectivity index (χ4v) is 3.43. The normalized spacial score (nSPS) is 14.3. The lowest BCUT2D eigenvalue weighted by atomic mass is 10.1. The number of benzene rings is 1. The van der Waals surface area contributed by atoms with Gasteiger partial charge in [-0.2, -0.15) is 0 Å². The highest BCUT2D eigenvalue weighted by atomic mass is 16.1. The van der Waals surface area contributed by atoms with Crippen molar-refractivity contribution in [2.24, 2.45) is 0 Å². The van der Waals surface area contributed by atoms with Crippen molar-refractivity contribution in [3.05, 3.63) is 76.5 Å². The third-order valence-corrected chi connectivity index (χ3v) is 5.12. The van der Waals surface area contributed by atoms with Crippen molar-refractivity contribution in [3.8, 4) is 11.1 Å². The molecule has 29 heavy (non-hydrogen) atoms. The maximum atomic E-state index is 12.3. The van der Waals surface area contributed by atoms with Crippen LogP contribution in [0, 0.1) is 0 Å². The van der Waals surface area contributed by atoms with Gasteiger partial charge in [-0.05, 0) is 35.9 Å². The fourth-order valence-electron chi connectivity index (χ4n) is 3.43. The highest BCUT2D eigenvalue weighted by molar-refractivity contribution is 5.74. The van der Waals surface area contributed by atoms with Gasteiger partial charge in [0.2, 0.25) is 0 Å². The van der Waals surface area contributed by atoms with E-state index in [1.54, 1.807) is 18.6 Å². The number of rotatable bonds is 5. The zero-order valence-corrected chi connectivity index (χ0v) is 16.5. The second-order valence-electron chi connectivity index (χ2n) is 7.05. The van der Waals surface area contributed by atoms with Gasteiger partial charge in [0.1, 0.15) is 0 Å². The van der Waals surface area contributed by atoms with E-state index < -0.39 is 0 Å². The number of piperazine rings is 1. The number of hydrogen-bond acceptors (Lipinski definition) is 5. The quantitative estimate of drug-likeness (QED) is 0.628. The van der Waals surface area contributed by atoms with Crippen LogP contribution in [-0.4, -0.2) is 43.2 Å². The summed E-state index contributed by atoms with van der Waals surface area (Å²) in [6, 6.07) is 12.4. The van der Waals surface area contributed by atoms with Crippen molar-refractivity contribution in [1.29, 1.82) is 0 Å². The van der Waals surface area contributed by atoms with Crippen LogP contribution in [0.4, 0.5) is 11.4 Å². The Bertz CT molecular complexity index is 1050. The van der Waals surface area contributed by atoms with Crippen LogP contribution in [0.2, 0.25) is 0 Å². The maximum Gasteiger partial charge on any atom is 0.255 e. The third kappa shape index (κ3) is 4.55. The lowest BCUT2D eigenvalue weighted by Crippen LogP contribution is -2.43. The average Bonchev–Trinajstić information content (AvgIpc) is 2.79. The summed E-state index contributed by atoms with van der Waals surface area (Å²) in [5.41, 5.74) is 5.60. The number of H-pyrrole nitrogens is 1. The van der Waals surface area contributed by atoms with Gasteiger partial charge in [-0.1, -0.05) is 18.2 Å². The minimum absolute atomic E-state index is 0.111. The summed E-state index contributed by atoms with van der Waals surface area (Å²) >= 11 is 0. The number of nitrogens with zero attached hydrogens (tertiary/aromatic N) is 2. The number of aromatic amines is 1. The van der Waals surface area contributed by atoms with Crippen LogP contribution in [0.3, 0.4) is 0 Å². The standard InChI is InChI=1S/C23H25N5O/c1-24-21-13-20(14-26-16-21)19-12-18(23(29)27-15-19)5-2-17-3-6-22(7-4-17)28-10-8-25-9-11-28/h2-7,12-16,24-25H,8-11H2,1H3,(H,27,29)/b5-2+. The van der Waals surface area contributed by atoms with E-state index >= 15 is 0 Å². The Morgan fingerprint density at radius 3 is 2.59 bits per heavy atom. The monoisotopic (exact) mass is 387 g/mol. The molecule has 3 N–H and O–H groups in total. The summed E-state index contributed by atoms with van der Waals surface area (Å²) in [6.45, 7) is 4.10. The molecule has 1 aliphatic rings. The van der Waals surface area contributed by atoms with Crippen molar-refractivity contribution in [2.75, 3.05) is 43.4 Å². The molecule has 4 rings (SSSR count). The summed E-state index contributed by atoms with van der Waals surface area (Å²) in [6.07, 6.45) is 9.10. The van der Waals surface area contributed by atoms with Crippen LogP contribution < -0.4 is 21.1 Å². The summed E-state index contributed by atoms with van der Waals surface area (Å²) in [7, 11) is 1.86. The summed E-state index contributed by atoms with van der Waals surface area (Å²) in [5.74, 6) is 0. The van der Waals surface area contributed by atoms with Crippen LogP contribution in [0.5, 0.6) is 0 Å². The highest BCUT2D eigenvalue weighted by Crippen LogP contribution is 2.21. The first-order valence-corrected chi connectivity index (χ1v) is 9.83. The topological polar surface area (TPSA) is 73.0 Å². The van der Waals surface area contributed by atoms with Gasteiger partial charge in [0.15, 0.2) is 0 Å². The molecule has 2 aromatic heterocycles. The molecule has 0 unspecified atom stereocenters. The minimum Gasteiger partial charge on any atom is -0.387 e. The fraction of sp³-hybridized carbons (Fsp3) is 0.217. The average molecular weight is 387 g/mol. The Morgan fingerprint density at radius 1 is 1.03 bits per heavy atom. The van der Waals surface area contributed by atoms with Crippen molar-refractivity contribution in [1.82, 2.24) is 15.3 Å². The second kappa shape index (κ2) is 8.75. The van der Waals surface area contributed by atoms with Crippen molar-refractivity contribution < 1.29 is 0 Å². The second-order valence-corrected chi connectivity index (χ2v) is 7.05.